The lowest BCUT2D eigenvalue weighted by Gasteiger charge is -2.38. The van der Waals surface area contributed by atoms with Crippen molar-refractivity contribution >= 4 is 5.91 Å². The van der Waals surface area contributed by atoms with Crippen molar-refractivity contribution in [1.29, 1.82) is 0 Å². The zero-order valence-corrected chi connectivity index (χ0v) is 10.2. The molecule has 86 valence electrons. The highest BCUT2D eigenvalue weighted by molar-refractivity contribution is 5.92. The Hall–Kier alpha value is -0.830. The van der Waals surface area contributed by atoms with Crippen molar-refractivity contribution in [3.8, 4) is 0 Å². The summed E-state index contributed by atoms with van der Waals surface area (Å²) in [5.41, 5.74) is 0.635. The summed E-state index contributed by atoms with van der Waals surface area (Å²) >= 11 is 0. The molecule has 0 unspecified atom stereocenters. The van der Waals surface area contributed by atoms with Gasteiger partial charge in [-0.1, -0.05) is 13.0 Å². The predicted molar refractivity (Wildman–Crippen MR) is 60.7 cm³/mol. The van der Waals surface area contributed by atoms with Crippen molar-refractivity contribution in [2.75, 3.05) is 19.7 Å². The lowest BCUT2D eigenvalue weighted by Crippen LogP contribution is -2.50. The number of carbonyl (C=O) groups is 1. The Kier molecular flexibility index (Phi) is 3.91. The van der Waals surface area contributed by atoms with Crippen LogP contribution < -0.4 is 0 Å². The molecule has 0 radical (unpaired) electrons. The van der Waals surface area contributed by atoms with Crippen LogP contribution in [0.2, 0.25) is 0 Å². The summed E-state index contributed by atoms with van der Waals surface area (Å²) in [5, 5.41) is 0. The molecule has 0 bridgehead atoms. The Morgan fingerprint density at radius 1 is 1.53 bits per heavy atom. The Morgan fingerprint density at radius 2 is 2.20 bits per heavy atom. The highest BCUT2D eigenvalue weighted by Gasteiger charge is 2.30. The lowest BCUT2D eigenvalue weighted by molar-refractivity contribution is -0.141. The Balaban J connectivity index is 2.64. The molecular weight excluding hydrogens is 190 g/mol. The van der Waals surface area contributed by atoms with Crippen LogP contribution in [0.25, 0.3) is 0 Å². The van der Waals surface area contributed by atoms with Crippen molar-refractivity contribution in [2.24, 2.45) is 0 Å². The summed E-state index contributed by atoms with van der Waals surface area (Å²) < 4.78 is 5.57. The number of allylic oxidation sites excluding steroid dienone is 1. The minimum absolute atomic E-state index is 0.147. The third-order valence-electron chi connectivity index (χ3n) is 2.56. The minimum Gasteiger partial charge on any atom is -0.372 e. The number of hydrogen-bond donors (Lipinski definition) is 0. The minimum atomic E-state index is -0.208. The number of ether oxygens (including phenoxy) is 1. The standard InChI is InChI=1S/C12H21NO2/c1-5-6-10(2)11(14)13-7-8-15-12(3,4)9-13/h6H,5,7-9H2,1-4H3/b10-6-. The molecule has 1 fully saturated rings. The molecule has 0 aromatic rings. The van der Waals surface area contributed by atoms with E-state index in [-0.39, 0.29) is 11.5 Å². The molecule has 1 heterocycles. The SMILES string of the molecule is CC/C=C(/C)C(=O)N1CCOC(C)(C)C1. The highest BCUT2D eigenvalue weighted by atomic mass is 16.5. The van der Waals surface area contributed by atoms with Crippen molar-refractivity contribution in [3.05, 3.63) is 11.6 Å². The Labute approximate surface area is 92.1 Å². The van der Waals surface area contributed by atoms with Gasteiger partial charge in [0.15, 0.2) is 0 Å². The van der Waals surface area contributed by atoms with Crippen molar-refractivity contribution < 1.29 is 9.53 Å². The summed E-state index contributed by atoms with van der Waals surface area (Å²) in [6.07, 6.45) is 2.89. The van der Waals surface area contributed by atoms with Crippen LogP contribution in [-0.2, 0) is 9.53 Å². The van der Waals surface area contributed by atoms with E-state index in [1.165, 1.54) is 0 Å². The van der Waals surface area contributed by atoms with Gasteiger partial charge in [0.05, 0.1) is 12.2 Å². The molecule has 0 spiro atoms. The molecule has 0 aromatic heterocycles. The maximum absolute atomic E-state index is 12.0. The van der Waals surface area contributed by atoms with E-state index in [0.29, 0.717) is 19.7 Å². The second-order valence-corrected chi connectivity index (χ2v) is 4.63. The molecule has 3 nitrogen and oxygen atoms in total. The molecule has 1 saturated heterocycles. The Morgan fingerprint density at radius 3 is 2.73 bits per heavy atom. The third kappa shape index (κ3) is 3.34. The maximum Gasteiger partial charge on any atom is 0.249 e. The molecule has 1 amide bonds. The molecule has 3 heteroatoms. The fraction of sp³-hybridized carbons (Fsp3) is 0.750. The number of carbonyl (C=O) groups excluding carboxylic acids is 1. The van der Waals surface area contributed by atoms with E-state index in [0.717, 1.165) is 12.0 Å². The zero-order valence-electron chi connectivity index (χ0n) is 10.2. The predicted octanol–water partition coefficient (Wildman–Crippen LogP) is 1.98. The van der Waals surface area contributed by atoms with E-state index in [4.69, 9.17) is 4.74 Å². The van der Waals surface area contributed by atoms with Crippen molar-refractivity contribution in [1.82, 2.24) is 4.90 Å². The van der Waals surface area contributed by atoms with Crippen LogP contribution in [0.1, 0.15) is 34.1 Å². The molecule has 1 aliphatic heterocycles. The van der Waals surface area contributed by atoms with Gasteiger partial charge >= 0.3 is 0 Å². The van der Waals surface area contributed by atoms with Crippen molar-refractivity contribution in [3.63, 3.8) is 0 Å². The van der Waals surface area contributed by atoms with Gasteiger partial charge in [0, 0.05) is 18.7 Å². The van der Waals surface area contributed by atoms with E-state index in [9.17, 15) is 4.79 Å². The second-order valence-electron chi connectivity index (χ2n) is 4.63. The first kappa shape index (κ1) is 12.2. The van der Waals surface area contributed by atoms with Crippen molar-refractivity contribution in [2.45, 2.75) is 39.7 Å². The second kappa shape index (κ2) is 4.79. The lowest BCUT2D eigenvalue weighted by atomic mass is 10.1. The van der Waals surface area contributed by atoms with Gasteiger partial charge in [0.1, 0.15) is 0 Å². The van der Waals surface area contributed by atoms with Crippen LogP contribution in [0, 0.1) is 0 Å². The van der Waals surface area contributed by atoms with E-state index in [1.54, 1.807) is 0 Å². The van der Waals surface area contributed by atoms with Crippen LogP contribution in [0.5, 0.6) is 0 Å². The molecule has 0 N–H and O–H groups in total. The normalized spacial score (nSPS) is 21.6. The molecule has 0 atom stereocenters. The largest absolute Gasteiger partial charge is 0.372 e. The van der Waals surface area contributed by atoms with Gasteiger partial charge in [-0.2, -0.15) is 0 Å². The third-order valence-corrected chi connectivity index (χ3v) is 2.56. The van der Waals surface area contributed by atoms with Gasteiger partial charge in [-0.25, -0.2) is 0 Å². The van der Waals surface area contributed by atoms with Gasteiger partial charge in [-0.3, -0.25) is 4.79 Å². The summed E-state index contributed by atoms with van der Waals surface area (Å²) in [6.45, 7) is 9.99. The van der Waals surface area contributed by atoms with Gasteiger partial charge in [0.2, 0.25) is 5.91 Å². The zero-order chi connectivity index (χ0) is 11.5. The number of amides is 1. The molecule has 1 rings (SSSR count). The fourth-order valence-corrected chi connectivity index (χ4v) is 1.83. The van der Waals surface area contributed by atoms with Gasteiger partial charge in [0.25, 0.3) is 0 Å². The summed E-state index contributed by atoms with van der Waals surface area (Å²) in [4.78, 5) is 13.9. The van der Waals surface area contributed by atoms with Crippen LogP contribution in [-0.4, -0.2) is 36.1 Å². The molecule has 15 heavy (non-hydrogen) atoms. The van der Waals surface area contributed by atoms with Crippen LogP contribution >= 0.6 is 0 Å². The number of nitrogens with zero attached hydrogens (tertiary/aromatic N) is 1. The monoisotopic (exact) mass is 211 g/mol. The molecule has 0 aromatic carbocycles. The van der Waals surface area contributed by atoms with E-state index >= 15 is 0 Å². The summed E-state index contributed by atoms with van der Waals surface area (Å²) in [6, 6.07) is 0. The molecular formula is C12H21NO2. The first-order valence-corrected chi connectivity index (χ1v) is 5.56. The molecule has 1 aliphatic rings. The van der Waals surface area contributed by atoms with Gasteiger partial charge < -0.3 is 9.64 Å². The van der Waals surface area contributed by atoms with E-state index < -0.39 is 0 Å². The summed E-state index contributed by atoms with van der Waals surface area (Å²) in [5.74, 6) is 0.147. The quantitative estimate of drug-likeness (QED) is 0.654. The first-order valence-electron chi connectivity index (χ1n) is 5.56. The smallest absolute Gasteiger partial charge is 0.249 e. The number of hydrogen-bond acceptors (Lipinski definition) is 2. The highest BCUT2D eigenvalue weighted by Crippen LogP contribution is 2.18. The van der Waals surface area contributed by atoms with Crippen LogP contribution in [0.4, 0.5) is 0 Å². The fourth-order valence-electron chi connectivity index (χ4n) is 1.83. The van der Waals surface area contributed by atoms with E-state index in [2.05, 4.69) is 0 Å². The topological polar surface area (TPSA) is 29.5 Å². The first-order chi connectivity index (χ1) is 6.96. The van der Waals surface area contributed by atoms with Crippen LogP contribution in [0.3, 0.4) is 0 Å². The van der Waals surface area contributed by atoms with Crippen LogP contribution in [0.15, 0.2) is 11.6 Å². The average Bonchev–Trinajstić information content (AvgIpc) is 2.15. The van der Waals surface area contributed by atoms with E-state index in [1.807, 2.05) is 38.7 Å². The average molecular weight is 211 g/mol. The Bertz CT molecular complexity index is 269. The maximum atomic E-state index is 12.0. The number of morpholine rings is 1. The summed E-state index contributed by atoms with van der Waals surface area (Å²) in [7, 11) is 0. The molecule has 0 aliphatic carbocycles. The van der Waals surface area contributed by atoms with Gasteiger partial charge in [-0.05, 0) is 27.2 Å². The molecule has 0 saturated carbocycles. The number of rotatable bonds is 2. The van der Waals surface area contributed by atoms with Gasteiger partial charge in [-0.15, -0.1) is 0 Å².